The Kier molecular flexibility index (Phi) is 4.72. The van der Waals surface area contributed by atoms with Gasteiger partial charge in [-0.2, -0.15) is 0 Å². The van der Waals surface area contributed by atoms with E-state index in [2.05, 4.69) is 10.3 Å². The third-order valence-corrected chi connectivity index (χ3v) is 5.40. The van der Waals surface area contributed by atoms with Gasteiger partial charge in [0.1, 0.15) is 9.71 Å². The van der Waals surface area contributed by atoms with Crippen LogP contribution < -0.4 is 11.1 Å². The predicted molar refractivity (Wildman–Crippen MR) is 84.7 cm³/mol. The fourth-order valence-electron chi connectivity index (χ4n) is 1.88. The quantitative estimate of drug-likeness (QED) is 0.880. The van der Waals surface area contributed by atoms with Crippen LogP contribution in [0.1, 0.15) is 22.2 Å². The van der Waals surface area contributed by atoms with Crippen molar-refractivity contribution in [2.45, 2.75) is 13.8 Å². The second kappa shape index (κ2) is 6.32. The Morgan fingerprint density at radius 1 is 1.55 bits per heavy atom. The first-order valence-electron chi connectivity index (χ1n) is 6.31. The summed E-state index contributed by atoms with van der Waals surface area (Å²) in [6, 6.07) is 1.87. The number of anilines is 1. The number of nitrogens with zero attached hydrogens (tertiary/aromatic N) is 1. The van der Waals surface area contributed by atoms with Crippen molar-refractivity contribution >= 4 is 43.9 Å². The molecule has 2 rings (SSSR count). The molecule has 2 aromatic heterocycles. The van der Waals surface area contributed by atoms with E-state index in [1.54, 1.807) is 6.20 Å². The van der Waals surface area contributed by atoms with E-state index in [4.69, 9.17) is 5.73 Å². The molecule has 0 fully saturated rings. The van der Waals surface area contributed by atoms with E-state index >= 15 is 0 Å². The molecule has 108 valence electrons. The molecule has 0 aromatic carbocycles. The molecule has 0 aliphatic heterocycles. The molecule has 5 nitrogen and oxygen atoms in total. The third-order valence-electron chi connectivity index (χ3n) is 2.98. The van der Waals surface area contributed by atoms with Gasteiger partial charge < -0.3 is 11.1 Å². The van der Waals surface area contributed by atoms with Crippen LogP contribution >= 0.6 is 11.3 Å². The number of nitrogens with two attached hydrogens (primary N) is 1. The van der Waals surface area contributed by atoms with E-state index in [9.17, 15) is 9.00 Å². The predicted octanol–water partition coefficient (Wildman–Crippen LogP) is 1.69. The first kappa shape index (κ1) is 14.9. The van der Waals surface area contributed by atoms with Crippen LogP contribution in [0.4, 0.5) is 5.69 Å². The van der Waals surface area contributed by atoms with Crippen molar-refractivity contribution in [2.24, 2.45) is 0 Å². The number of rotatable bonds is 5. The lowest BCUT2D eigenvalue weighted by atomic mass is 10.2. The van der Waals surface area contributed by atoms with Crippen molar-refractivity contribution in [3.05, 3.63) is 22.7 Å². The molecule has 3 N–H and O–H groups in total. The molecule has 0 aliphatic carbocycles. The van der Waals surface area contributed by atoms with Crippen molar-refractivity contribution in [3.8, 4) is 0 Å². The lowest BCUT2D eigenvalue weighted by Gasteiger charge is -2.03. The fraction of sp³-hybridized carbons (Fsp3) is 0.385. The minimum atomic E-state index is -0.878. The van der Waals surface area contributed by atoms with Gasteiger partial charge in [0, 0.05) is 40.4 Å². The molecular formula is C13H17N3O2S2. The lowest BCUT2D eigenvalue weighted by Crippen LogP contribution is -2.27. The van der Waals surface area contributed by atoms with Crippen LogP contribution in [0.15, 0.2) is 12.3 Å². The van der Waals surface area contributed by atoms with Crippen molar-refractivity contribution in [1.82, 2.24) is 10.3 Å². The molecule has 1 amide bonds. The third kappa shape index (κ3) is 2.99. The SMILES string of the molecule is CCS(=O)CCNC(=O)c1sc2nccc(C)c2c1N. The Morgan fingerprint density at radius 3 is 2.95 bits per heavy atom. The highest BCUT2D eigenvalue weighted by atomic mass is 32.2. The molecule has 7 heteroatoms. The molecule has 2 aromatic rings. The maximum absolute atomic E-state index is 12.1. The zero-order valence-electron chi connectivity index (χ0n) is 11.4. The molecular weight excluding hydrogens is 294 g/mol. The molecule has 0 bridgehead atoms. The van der Waals surface area contributed by atoms with Gasteiger partial charge in [0.2, 0.25) is 0 Å². The summed E-state index contributed by atoms with van der Waals surface area (Å²) in [5.41, 5.74) is 7.53. The smallest absolute Gasteiger partial charge is 0.263 e. The van der Waals surface area contributed by atoms with E-state index < -0.39 is 10.8 Å². The molecule has 0 radical (unpaired) electrons. The highest BCUT2D eigenvalue weighted by Gasteiger charge is 2.18. The van der Waals surface area contributed by atoms with Crippen LogP contribution in [0.2, 0.25) is 0 Å². The standard InChI is InChI=1S/C13H17N3O2S2/c1-3-20(18)7-6-15-12(17)11-10(14)9-8(2)4-5-16-13(9)19-11/h4-5H,3,6-7,14H2,1-2H3,(H,15,17). The van der Waals surface area contributed by atoms with E-state index in [0.717, 1.165) is 15.8 Å². The van der Waals surface area contributed by atoms with Crippen LogP contribution in [0.5, 0.6) is 0 Å². The zero-order chi connectivity index (χ0) is 14.7. The zero-order valence-corrected chi connectivity index (χ0v) is 13.1. The number of thiophene rings is 1. The first-order chi connectivity index (χ1) is 9.54. The summed E-state index contributed by atoms with van der Waals surface area (Å²) in [5, 5.41) is 3.60. The summed E-state index contributed by atoms with van der Waals surface area (Å²) in [5.74, 6) is 0.840. The number of fused-ring (bicyclic) bond motifs is 1. The summed E-state index contributed by atoms with van der Waals surface area (Å²) in [6.07, 6.45) is 1.71. The Balaban J connectivity index is 2.17. The maximum Gasteiger partial charge on any atom is 0.263 e. The Hall–Kier alpha value is -1.47. The Labute approximate surface area is 124 Å². The number of hydrogen-bond acceptors (Lipinski definition) is 5. The number of pyridine rings is 1. The number of hydrogen-bond donors (Lipinski definition) is 2. The first-order valence-corrected chi connectivity index (χ1v) is 8.61. The van der Waals surface area contributed by atoms with E-state index in [1.807, 2.05) is 19.9 Å². The topological polar surface area (TPSA) is 85.1 Å². The summed E-state index contributed by atoms with van der Waals surface area (Å²) >= 11 is 1.29. The summed E-state index contributed by atoms with van der Waals surface area (Å²) in [7, 11) is -0.878. The molecule has 0 saturated carbocycles. The minimum absolute atomic E-state index is 0.224. The van der Waals surface area contributed by atoms with Crippen LogP contribution in [0.25, 0.3) is 10.2 Å². The van der Waals surface area contributed by atoms with Gasteiger partial charge in [0.25, 0.3) is 5.91 Å². The van der Waals surface area contributed by atoms with Gasteiger partial charge in [0.05, 0.1) is 5.69 Å². The van der Waals surface area contributed by atoms with E-state index in [0.29, 0.717) is 28.6 Å². The molecule has 0 saturated heterocycles. The molecule has 0 aliphatic rings. The minimum Gasteiger partial charge on any atom is -0.397 e. The summed E-state index contributed by atoms with van der Waals surface area (Å²) in [6.45, 7) is 4.19. The molecule has 1 atom stereocenters. The Morgan fingerprint density at radius 2 is 2.30 bits per heavy atom. The van der Waals surface area contributed by atoms with Gasteiger partial charge in [-0.05, 0) is 18.6 Å². The van der Waals surface area contributed by atoms with Crippen molar-refractivity contribution < 1.29 is 9.00 Å². The number of aromatic nitrogens is 1. The number of amides is 1. The molecule has 1 unspecified atom stereocenters. The molecule has 2 heterocycles. The van der Waals surface area contributed by atoms with Crippen molar-refractivity contribution in [1.29, 1.82) is 0 Å². The lowest BCUT2D eigenvalue weighted by molar-refractivity contribution is 0.0961. The number of aryl methyl sites for hydroxylation is 1. The number of carbonyl (C=O) groups is 1. The van der Waals surface area contributed by atoms with Crippen LogP contribution in [0.3, 0.4) is 0 Å². The van der Waals surface area contributed by atoms with Gasteiger partial charge in [-0.1, -0.05) is 6.92 Å². The molecule has 0 spiro atoms. The maximum atomic E-state index is 12.1. The summed E-state index contributed by atoms with van der Waals surface area (Å²) in [4.78, 5) is 17.6. The normalized spacial score (nSPS) is 12.5. The van der Waals surface area contributed by atoms with Crippen LogP contribution in [0, 0.1) is 6.92 Å². The average molecular weight is 311 g/mol. The van der Waals surface area contributed by atoms with E-state index in [1.165, 1.54) is 11.3 Å². The number of carbonyl (C=O) groups excluding carboxylic acids is 1. The monoisotopic (exact) mass is 311 g/mol. The van der Waals surface area contributed by atoms with Crippen molar-refractivity contribution in [3.63, 3.8) is 0 Å². The second-order valence-corrected chi connectivity index (χ2v) is 7.21. The molecule has 20 heavy (non-hydrogen) atoms. The van der Waals surface area contributed by atoms with Gasteiger partial charge in [-0.25, -0.2) is 4.98 Å². The van der Waals surface area contributed by atoms with E-state index in [-0.39, 0.29) is 5.91 Å². The number of nitrogen functional groups attached to an aromatic ring is 1. The highest BCUT2D eigenvalue weighted by molar-refractivity contribution is 7.84. The average Bonchev–Trinajstić information content (AvgIpc) is 2.77. The van der Waals surface area contributed by atoms with Gasteiger partial charge in [-0.15, -0.1) is 11.3 Å². The number of nitrogens with one attached hydrogen (secondary N) is 1. The van der Waals surface area contributed by atoms with Crippen LogP contribution in [-0.2, 0) is 10.8 Å². The van der Waals surface area contributed by atoms with Gasteiger partial charge in [0.15, 0.2) is 0 Å². The van der Waals surface area contributed by atoms with Gasteiger partial charge in [-0.3, -0.25) is 9.00 Å². The summed E-state index contributed by atoms with van der Waals surface area (Å²) < 4.78 is 11.3. The second-order valence-electron chi connectivity index (χ2n) is 4.34. The highest BCUT2D eigenvalue weighted by Crippen LogP contribution is 2.34. The fourth-order valence-corrected chi connectivity index (χ4v) is 3.55. The van der Waals surface area contributed by atoms with Crippen LogP contribution in [-0.4, -0.2) is 33.2 Å². The largest absolute Gasteiger partial charge is 0.397 e. The van der Waals surface area contributed by atoms with Crippen molar-refractivity contribution in [2.75, 3.05) is 23.8 Å². The Bertz CT molecular complexity index is 667. The van der Waals surface area contributed by atoms with Gasteiger partial charge >= 0.3 is 0 Å².